The van der Waals surface area contributed by atoms with E-state index in [-0.39, 0.29) is 0 Å². The summed E-state index contributed by atoms with van der Waals surface area (Å²) in [5.41, 5.74) is 0.748. The average Bonchev–Trinajstić information content (AvgIpc) is 2.96. The molecule has 0 spiro atoms. The Balaban J connectivity index is 2.00. The number of nitrogens with one attached hydrogen (secondary N) is 2. The second-order valence-corrected chi connectivity index (χ2v) is 6.33. The van der Waals surface area contributed by atoms with Gasteiger partial charge >= 0.3 is 0 Å². The van der Waals surface area contributed by atoms with Gasteiger partial charge < -0.3 is 5.32 Å². The second kappa shape index (κ2) is 6.44. The molecule has 0 aliphatic rings. The van der Waals surface area contributed by atoms with E-state index in [9.17, 15) is 0 Å². The molecule has 0 amide bonds. The van der Waals surface area contributed by atoms with E-state index in [0.29, 0.717) is 5.95 Å². The molecular weight excluding hydrogens is 350 g/mol. The van der Waals surface area contributed by atoms with Crippen molar-refractivity contribution in [2.45, 2.75) is 23.3 Å². The number of hydrogen-bond donors (Lipinski definition) is 2. The van der Waals surface area contributed by atoms with E-state index in [1.165, 1.54) is 0 Å². The van der Waals surface area contributed by atoms with Crippen LogP contribution in [0.25, 0.3) is 11.0 Å². The lowest BCUT2D eigenvalue weighted by Crippen LogP contribution is -2.05. The van der Waals surface area contributed by atoms with Crippen molar-refractivity contribution in [1.82, 2.24) is 20.2 Å². The first-order valence-corrected chi connectivity index (χ1v) is 8.26. The minimum Gasteiger partial charge on any atom is -0.354 e. The van der Waals surface area contributed by atoms with Crippen LogP contribution in [-0.2, 0) is 0 Å². The Morgan fingerprint density at radius 1 is 1.29 bits per heavy atom. The van der Waals surface area contributed by atoms with Crippen molar-refractivity contribution < 1.29 is 0 Å². The van der Waals surface area contributed by atoms with Gasteiger partial charge in [0.25, 0.3) is 0 Å². The Bertz CT molecular complexity index is 758. The number of rotatable bonds is 5. The molecule has 5 nitrogen and oxygen atoms in total. The van der Waals surface area contributed by atoms with Crippen LogP contribution in [0.5, 0.6) is 0 Å². The number of benzene rings is 1. The first-order valence-electron chi connectivity index (χ1n) is 6.65. The topological polar surface area (TPSA) is 66.5 Å². The third-order valence-corrected chi connectivity index (χ3v) is 4.89. The van der Waals surface area contributed by atoms with Crippen molar-refractivity contribution in [1.29, 1.82) is 0 Å². The normalized spacial score (nSPS) is 11.0. The van der Waals surface area contributed by atoms with Crippen molar-refractivity contribution in [3.63, 3.8) is 0 Å². The van der Waals surface area contributed by atoms with E-state index in [2.05, 4.69) is 54.4 Å². The zero-order valence-electron chi connectivity index (χ0n) is 11.4. The number of H-pyrrole nitrogens is 1. The lowest BCUT2D eigenvalue weighted by molar-refractivity contribution is 0.943. The minimum atomic E-state index is 0.628. The van der Waals surface area contributed by atoms with Crippen LogP contribution in [0.2, 0.25) is 0 Å². The number of anilines is 1. The van der Waals surface area contributed by atoms with Gasteiger partial charge in [-0.3, -0.25) is 5.10 Å². The Hall–Kier alpha value is -1.60. The molecule has 21 heavy (non-hydrogen) atoms. The summed E-state index contributed by atoms with van der Waals surface area (Å²) in [6.45, 7) is 2.96. The number of aromatic nitrogens is 4. The lowest BCUT2D eigenvalue weighted by Gasteiger charge is -2.07. The van der Waals surface area contributed by atoms with E-state index in [0.717, 1.165) is 38.4 Å². The van der Waals surface area contributed by atoms with Gasteiger partial charge in [-0.05, 0) is 34.5 Å². The van der Waals surface area contributed by atoms with Gasteiger partial charge in [0, 0.05) is 15.9 Å². The van der Waals surface area contributed by atoms with Crippen LogP contribution in [0, 0.1) is 0 Å². The minimum absolute atomic E-state index is 0.628. The number of nitrogens with zero attached hydrogens (tertiary/aromatic N) is 3. The fraction of sp³-hybridized carbons (Fsp3) is 0.214. The van der Waals surface area contributed by atoms with Crippen LogP contribution in [0.4, 0.5) is 5.95 Å². The molecule has 2 N–H and O–H groups in total. The van der Waals surface area contributed by atoms with E-state index in [4.69, 9.17) is 0 Å². The molecule has 2 aromatic heterocycles. The van der Waals surface area contributed by atoms with Crippen molar-refractivity contribution >= 4 is 44.7 Å². The third-order valence-electron chi connectivity index (χ3n) is 2.85. The van der Waals surface area contributed by atoms with E-state index in [1.807, 2.05) is 18.2 Å². The fourth-order valence-electron chi connectivity index (χ4n) is 1.83. The lowest BCUT2D eigenvalue weighted by atomic mass is 10.4. The van der Waals surface area contributed by atoms with Gasteiger partial charge in [0.1, 0.15) is 5.03 Å². The molecule has 0 radical (unpaired) electrons. The molecule has 0 atom stereocenters. The maximum atomic E-state index is 4.61. The van der Waals surface area contributed by atoms with Gasteiger partial charge in [-0.25, -0.2) is 4.98 Å². The molecule has 3 rings (SSSR count). The zero-order chi connectivity index (χ0) is 14.7. The molecule has 3 aromatic rings. The first kappa shape index (κ1) is 14.3. The third kappa shape index (κ3) is 3.19. The highest BCUT2D eigenvalue weighted by atomic mass is 79.9. The summed E-state index contributed by atoms with van der Waals surface area (Å²) < 4.78 is 1.05. The number of fused-ring (bicyclic) bond motifs is 1. The Labute approximate surface area is 135 Å². The Morgan fingerprint density at radius 2 is 2.14 bits per heavy atom. The highest BCUT2D eigenvalue weighted by Crippen LogP contribution is 2.35. The van der Waals surface area contributed by atoms with Crippen molar-refractivity contribution in [2.75, 3.05) is 11.9 Å². The highest BCUT2D eigenvalue weighted by molar-refractivity contribution is 9.10. The van der Waals surface area contributed by atoms with Crippen LogP contribution in [0.15, 0.2) is 44.9 Å². The monoisotopic (exact) mass is 363 g/mol. The number of hydrogen-bond acceptors (Lipinski definition) is 5. The van der Waals surface area contributed by atoms with Crippen LogP contribution in [0.3, 0.4) is 0 Å². The molecule has 0 unspecified atom stereocenters. The molecule has 0 saturated heterocycles. The summed E-state index contributed by atoms with van der Waals surface area (Å²) >= 11 is 5.16. The number of aromatic amines is 1. The largest absolute Gasteiger partial charge is 0.354 e. The van der Waals surface area contributed by atoms with Gasteiger partial charge in [0.2, 0.25) is 5.95 Å². The first-order chi connectivity index (χ1) is 10.3. The summed E-state index contributed by atoms with van der Waals surface area (Å²) in [4.78, 5) is 10.2. The predicted octanol–water partition coefficient (Wildman–Crippen LogP) is 4.09. The molecular formula is C14H14BrN5S. The number of halogens is 1. The summed E-state index contributed by atoms with van der Waals surface area (Å²) in [6.07, 6.45) is 2.79. The smallest absolute Gasteiger partial charge is 0.225 e. The predicted molar refractivity (Wildman–Crippen MR) is 88.7 cm³/mol. The van der Waals surface area contributed by atoms with Crippen LogP contribution in [0.1, 0.15) is 13.3 Å². The van der Waals surface area contributed by atoms with Gasteiger partial charge in [-0.15, -0.1) is 0 Å². The fourth-order valence-corrected chi connectivity index (χ4v) is 3.27. The van der Waals surface area contributed by atoms with Crippen molar-refractivity contribution in [2.24, 2.45) is 0 Å². The highest BCUT2D eigenvalue weighted by Gasteiger charge is 2.12. The van der Waals surface area contributed by atoms with Gasteiger partial charge in [0.15, 0.2) is 5.65 Å². The van der Waals surface area contributed by atoms with Gasteiger partial charge in [0.05, 0.1) is 11.6 Å². The van der Waals surface area contributed by atoms with Crippen molar-refractivity contribution in [3.8, 4) is 0 Å². The summed E-state index contributed by atoms with van der Waals surface area (Å²) in [7, 11) is 0. The summed E-state index contributed by atoms with van der Waals surface area (Å²) in [5, 5.41) is 12.0. The molecule has 7 heteroatoms. The average molecular weight is 364 g/mol. The maximum absolute atomic E-state index is 4.61. The van der Waals surface area contributed by atoms with Crippen molar-refractivity contribution in [3.05, 3.63) is 34.9 Å². The second-order valence-electron chi connectivity index (χ2n) is 4.44. The molecule has 0 saturated carbocycles. The van der Waals surface area contributed by atoms with Crippen LogP contribution in [-0.4, -0.2) is 26.7 Å². The van der Waals surface area contributed by atoms with Gasteiger partial charge in [-0.2, -0.15) is 10.1 Å². The Kier molecular flexibility index (Phi) is 4.40. The SMILES string of the molecule is CCCNc1nc(Sc2ccccc2Br)c2cn[nH]c2n1. The maximum Gasteiger partial charge on any atom is 0.225 e. The molecule has 0 aliphatic heterocycles. The summed E-state index contributed by atoms with van der Waals surface area (Å²) in [6, 6.07) is 8.08. The summed E-state index contributed by atoms with van der Waals surface area (Å²) in [5.74, 6) is 0.628. The van der Waals surface area contributed by atoms with Crippen LogP contribution < -0.4 is 5.32 Å². The van der Waals surface area contributed by atoms with E-state index < -0.39 is 0 Å². The molecule has 0 fully saturated rings. The molecule has 0 aliphatic carbocycles. The van der Waals surface area contributed by atoms with E-state index in [1.54, 1.807) is 18.0 Å². The zero-order valence-corrected chi connectivity index (χ0v) is 13.8. The molecule has 2 heterocycles. The van der Waals surface area contributed by atoms with Crippen LogP contribution >= 0.6 is 27.7 Å². The Morgan fingerprint density at radius 3 is 2.95 bits per heavy atom. The molecule has 1 aromatic carbocycles. The quantitative estimate of drug-likeness (QED) is 0.668. The molecule has 0 bridgehead atoms. The van der Waals surface area contributed by atoms with E-state index >= 15 is 0 Å². The molecule has 108 valence electrons. The standard InChI is InChI=1S/C14H14BrN5S/c1-2-7-16-14-18-12-9(8-17-20-12)13(19-14)21-11-6-4-3-5-10(11)15/h3-6,8H,2,7H2,1H3,(H2,16,17,18,19,20). The van der Waals surface area contributed by atoms with Gasteiger partial charge in [-0.1, -0.05) is 30.8 Å².